The smallest absolute Gasteiger partial charge is 0.134 e. The molecule has 0 bridgehead atoms. The number of furan rings is 3. The number of rotatable bonds is 1. The quantitative estimate of drug-likeness (QED) is 0.164. The van der Waals surface area contributed by atoms with Crippen LogP contribution in [0.1, 0.15) is 166 Å². The monoisotopic (exact) mass is 1920 g/mol. The lowest BCUT2D eigenvalue weighted by Gasteiger charge is -2.08. The minimum absolute atomic E-state index is 0.988. The van der Waals surface area contributed by atoms with Crippen LogP contribution in [-0.2, 0) is 28.2 Å². The highest BCUT2D eigenvalue weighted by Gasteiger charge is 2.09. The molecule has 11 heteroatoms. The van der Waals surface area contributed by atoms with E-state index in [1.807, 2.05) is 104 Å². The highest BCUT2D eigenvalue weighted by Crippen LogP contribution is 2.31. The summed E-state index contributed by atoms with van der Waals surface area (Å²) in [4.78, 5) is 6.95. The summed E-state index contributed by atoms with van der Waals surface area (Å²) in [7, 11) is 8.26. The Morgan fingerprint density at radius 2 is 0.750 bits per heavy atom. The van der Waals surface area contributed by atoms with Crippen LogP contribution in [0.4, 0.5) is 0 Å². The average molecular weight is 1920 g/mol. The lowest BCUT2D eigenvalue weighted by molar-refractivity contribution is 0.532. The summed E-state index contributed by atoms with van der Waals surface area (Å²) in [6.07, 6.45) is 17.6. The molecule has 8 nitrogen and oxygen atoms in total. The van der Waals surface area contributed by atoms with E-state index in [9.17, 15) is 0 Å². The van der Waals surface area contributed by atoms with Crippen molar-refractivity contribution in [1.82, 2.24) is 23.3 Å². The topological polar surface area (TPSA) is 72.0 Å². The molecule has 0 saturated carbocycles. The molecule has 0 unspecified atom stereocenters. The summed E-state index contributed by atoms with van der Waals surface area (Å²) in [5, 5.41) is 15.8. The van der Waals surface area contributed by atoms with Gasteiger partial charge in [-0.25, -0.2) is 0 Å². The summed E-state index contributed by atoms with van der Waals surface area (Å²) in [5.74, 6) is 2.03. The molecule has 11 aromatic heterocycles. The van der Waals surface area contributed by atoms with Crippen LogP contribution in [0.5, 0.6) is 0 Å². The zero-order valence-electron chi connectivity index (χ0n) is 90.3. The van der Waals surface area contributed by atoms with Gasteiger partial charge in [0.15, 0.2) is 0 Å². The summed E-state index contributed by atoms with van der Waals surface area (Å²) in [6.45, 7) is 63.3. The van der Waals surface area contributed by atoms with Crippen molar-refractivity contribution in [3.8, 4) is 11.1 Å². The molecule has 0 radical (unpaired) electrons. The molecule has 21 aromatic rings. The van der Waals surface area contributed by atoms with Crippen molar-refractivity contribution in [2.45, 2.75) is 208 Å². The highest BCUT2D eigenvalue weighted by molar-refractivity contribution is 7.19. The summed E-state index contributed by atoms with van der Waals surface area (Å²) in [6, 6.07) is 86.6. The number of fused-ring (bicyclic) bond motifs is 5. The molecule has 0 aliphatic heterocycles. The maximum absolute atomic E-state index is 5.50. The maximum atomic E-state index is 5.50. The molecule has 0 fully saturated rings. The van der Waals surface area contributed by atoms with Gasteiger partial charge < -0.3 is 31.5 Å². The Morgan fingerprint density at radius 3 is 1.11 bits per heavy atom. The van der Waals surface area contributed by atoms with Crippen molar-refractivity contribution < 1.29 is 13.3 Å². The summed E-state index contributed by atoms with van der Waals surface area (Å²) >= 11 is 5.45. The zero-order chi connectivity index (χ0) is 103. The molecule has 21 rings (SSSR count). The van der Waals surface area contributed by atoms with E-state index in [1.54, 1.807) is 41.5 Å². The van der Waals surface area contributed by atoms with Crippen molar-refractivity contribution >= 4 is 87.5 Å². The molecular weight excluding hydrogens is 1760 g/mol. The molecule has 0 amide bonds. The Morgan fingerprint density at radius 1 is 0.293 bits per heavy atom. The first kappa shape index (κ1) is 114. The van der Waals surface area contributed by atoms with E-state index >= 15 is 0 Å². The second kappa shape index (κ2) is 57.3. The van der Waals surface area contributed by atoms with E-state index in [0.717, 1.165) is 22.8 Å². The Kier molecular flexibility index (Phi) is 46.5. The first-order valence-corrected chi connectivity index (χ1v) is 50.8. The van der Waals surface area contributed by atoms with Gasteiger partial charge in [0, 0.05) is 113 Å². The fraction of sp³-hybridized carbons (Fsp3) is 0.264. The Balaban J connectivity index is 0.000000205. The standard InChI is InChI=1S/C14H14.2C12H12.C11H13N.C10H10O.C10H10S.C8H10.3C7H11N.C7H9N.2C6H8O.2C6H8S/c1-11-7-3-5-9-13(11)14-10-6-4-8-12(14)2;1-9-7-11-5-3-4-6-12(11)8-10(9)2;1-9-7-8-11-5-3-4-6-12(11)10(9)2;1-8-9(2)12(3)11-7-5-4-6-10(8)11;2*1-7-8(2)11-10-6-4-3-5-9(7)10;1-7-5-3-4-6-8(7)2;2*1-6-4-8(3)5-7(6)2;1-6-4-5-8(3)7(6)2;1-6-4-3-5-8-7(6)2;1-5-3-7-4-6(5)2;1-5-3-4-7-6(5)2;1-5-3-7-4-6(5)2;1-5-3-4-7-6(5)2/h3-10H,1-2H3;2*3-8H,1-2H3;4-7H,1-3H3;2*3-6H,1-2H3;3-6H,1-2H3;3*4-5H,1-3H3;3-5H,1-2H3;4*3-4H,1-2H3. The van der Waals surface area contributed by atoms with Crippen LogP contribution < -0.4 is 0 Å². The van der Waals surface area contributed by atoms with Gasteiger partial charge in [-0.05, 0) is 432 Å². The van der Waals surface area contributed by atoms with Gasteiger partial charge in [0.25, 0.3) is 0 Å². The van der Waals surface area contributed by atoms with Crippen molar-refractivity contribution in [3.05, 3.63) is 487 Å². The molecule has 0 aliphatic rings. The van der Waals surface area contributed by atoms with Crippen LogP contribution in [0.2, 0.25) is 0 Å². The largest absolute Gasteiger partial charge is 0.472 e. The molecule has 0 N–H and O–H groups in total. The molecule has 11 heterocycles. The Hall–Kier alpha value is -13.3. The number of para-hydroxylation sites is 2. The number of hydrogen-bond acceptors (Lipinski definition) is 7. The molecule has 0 atom stereocenters. The van der Waals surface area contributed by atoms with E-state index in [-0.39, 0.29) is 0 Å². The second-order valence-electron chi connectivity index (χ2n) is 36.5. The van der Waals surface area contributed by atoms with E-state index in [0.29, 0.717) is 0 Å². The van der Waals surface area contributed by atoms with Gasteiger partial charge in [-0.3, -0.25) is 4.98 Å². The normalized spacial score (nSPS) is 10.1. The van der Waals surface area contributed by atoms with Gasteiger partial charge in [-0.15, -0.1) is 22.7 Å². The third kappa shape index (κ3) is 35.5. The van der Waals surface area contributed by atoms with Gasteiger partial charge >= 0.3 is 0 Å². The molecule has 0 aliphatic carbocycles. The first-order chi connectivity index (χ1) is 66.6. The van der Waals surface area contributed by atoms with Gasteiger partial charge in [-0.1, -0.05) is 206 Å². The Labute approximate surface area is 851 Å². The molecule has 0 saturated heterocycles. The van der Waals surface area contributed by atoms with Gasteiger partial charge in [-0.2, -0.15) is 11.3 Å². The van der Waals surface area contributed by atoms with E-state index < -0.39 is 0 Å². The maximum Gasteiger partial charge on any atom is 0.134 e. The average Bonchev–Trinajstić information content (AvgIpc) is 1.59. The van der Waals surface area contributed by atoms with E-state index in [2.05, 4.69) is 469 Å². The number of hydrogen-bond donors (Lipinski definition) is 0. The number of thiophene rings is 3. The van der Waals surface area contributed by atoms with Crippen molar-refractivity contribution in [3.63, 3.8) is 0 Å². The third-order valence-electron chi connectivity index (χ3n) is 25.9. The number of nitrogens with zero attached hydrogens (tertiary/aromatic N) is 5. The number of pyridine rings is 1. The van der Waals surface area contributed by atoms with Crippen LogP contribution in [0, 0.1) is 208 Å². The van der Waals surface area contributed by atoms with Crippen molar-refractivity contribution in [2.75, 3.05) is 0 Å². The van der Waals surface area contributed by atoms with Crippen molar-refractivity contribution in [1.29, 1.82) is 0 Å². The second-order valence-corrected chi connectivity index (χ2v) is 39.7. The highest BCUT2D eigenvalue weighted by atomic mass is 32.1. The van der Waals surface area contributed by atoms with Crippen LogP contribution >= 0.6 is 34.0 Å². The predicted molar refractivity (Wildman–Crippen MR) is 616 cm³/mol. The number of aryl methyl sites for hydroxylation is 32. The molecule has 732 valence electrons. The fourth-order valence-corrected chi connectivity index (χ4v) is 17.1. The number of benzene rings is 10. The predicted octanol–water partition coefficient (Wildman–Crippen LogP) is 37.7. The van der Waals surface area contributed by atoms with Crippen LogP contribution in [0.15, 0.2) is 334 Å². The summed E-state index contributed by atoms with van der Waals surface area (Å²) in [5.41, 5.74) is 39.8. The van der Waals surface area contributed by atoms with Crippen LogP contribution in [0.3, 0.4) is 0 Å². The molecule has 0 spiro atoms. The van der Waals surface area contributed by atoms with E-state index in [1.165, 1.54) is 208 Å². The third-order valence-corrected chi connectivity index (χ3v) is 29.0. The van der Waals surface area contributed by atoms with Crippen LogP contribution in [-0.4, -0.2) is 23.3 Å². The van der Waals surface area contributed by atoms with Crippen molar-refractivity contribution in [2.24, 2.45) is 28.2 Å². The minimum Gasteiger partial charge on any atom is -0.472 e. The molecule has 140 heavy (non-hydrogen) atoms. The minimum atomic E-state index is 0.988. The fourth-order valence-electron chi connectivity index (χ4n) is 14.5. The first-order valence-electron chi connectivity index (χ1n) is 48.2. The van der Waals surface area contributed by atoms with Gasteiger partial charge in [0.05, 0.1) is 18.8 Å². The van der Waals surface area contributed by atoms with Crippen LogP contribution in [0.25, 0.3) is 64.6 Å². The SMILES string of the molecule is Cc1c(C)n(C)c2ccccc12.Cc1cc2ccccc2cc1C.Cc1ccc2ccccc2c1C.Cc1ccccc1-c1ccccc1C.Cc1ccccc1C.Cc1cccnc1C.Cc1ccn(C)c1C.Cc1ccoc1C.Cc1ccsc1C.Cc1cn(C)cc1C.Cc1cn(C)cc1C.Cc1cocc1C.Cc1cscc1C.Cc1oc2ccccc2c1C.Cc1sc2ccccc2c1C. The Bertz CT molecular complexity index is 6710. The lowest BCUT2D eigenvalue weighted by Crippen LogP contribution is -1.89. The number of aromatic nitrogens is 5. The lowest BCUT2D eigenvalue weighted by atomic mass is 9.97. The van der Waals surface area contributed by atoms with E-state index in [4.69, 9.17) is 13.3 Å². The molecule has 10 aromatic carbocycles. The zero-order valence-corrected chi connectivity index (χ0v) is 92.7. The van der Waals surface area contributed by atoms with Gasteiger partial charge in [0.2, 0.25) is 0 Å². The molecular formula is C129H155N5O3S3. The van der Waals surface area contributed by atoms with Gasteiger partial charge in [0.1, 0.15) is 17.1 Å². The summed E-state index contributed by atoms with van der Waals surface area (Å²) < 4.78 is 25.2.